The molecule has 2 aromatic heterocycles. The van der Waals surface area contributed by atoms with Crippen LogP contribution in [0.3, 0.4) is 0 Å². The summed E-state index contributed by atoms with van der Waals surface area (Å²) in [7, 11) is -1.10. The van der Waals surface area contributed by atoms with E-state index < -0.39 is 13.1 Å². The number of ether oxygens (including phenoxy) is 1. The van der Waals surface area contributed by atoms with Gasteiger partial charge in [-0.3, -0.25) is 24.9 Å². The van der Waals surface area contributed by atoms with Crippen LogP contribution in [-0.2, 0) is 20.6 Å². The van der Waals surface area contributed by atoms with Gasteiger partial charge in [-0.1, -0.05) is 13.0 Å². The normalized spacial score (nSPS) is 17.2. The molecule has 0 aliphatic carbocycles. The van der Waals surface area contributed by atoms with Crippen molar-refractivity contribution in [1.29, 1.82) is 5.26 Å². The van der Waals surface area contributed by atoms with Gasteiger partial charge >= 0.3 is 0 Å². The molecule has 64 heavy (non-hydrogen) atoms. The van der Waals surface area contributed by atoms with Crippen molar-refractivity contribution in [2.45, 2.75) is 51.0 Å². The van der Waals surface area contributed by atoms with Crippen LogP contribution in [0.4, 0.5) is 34.5 Å². The molecule has 5 aromatic rings. The molecule has 3 saturated heterocycles. The predicted octanol–water partition coefficient (Wildman–Crippen LogP) is 6.16. The Bertz CT molecular complexity index is 2640. The van der Waals surface area contributed by atoms with Crippen LogP contribution in [0.2, 0.25) is 0 Å². The van der Waals surface area contributed by atoms with E-state index in [0.717, 1.165) is 76.5 Å². The molecule has 3 aliphatic heterocycles. The van der Waals surface area contributed by atoms with E-state index in [1.54, 1.807) is 39.0 Å². The predicted molar refractivity (Wildman–Crippen MR) is 255 cm³/mol. The summed E-state index contributed by atoms with van der Waals surface area (Å²) in [5, 5.41) is 27.0. The first-order valence-corrected chi connectivity index (χ1v) is 25.2. The van der Waals surface area contributed by atoms with Crippen molar-refractivity contribution < 1.29 is 18.9 Å². The zero-order valence-electron chi connectivity index (χ0n) is 36.6. The monoisotopic (exact) mass is 948 g/mol. The molecule has 8 rings (SSSR count). The van der Waals surface area contributed by atoms with E-state index in [0.29, 0.717) is 73.5 Å². The smallest absolute Gasteiger partial charge is 0.234 e. The Hall–Kier alpha value is -5.66. The van der Waals surface area contributed by atoms with E-state index in [4.69, 9.17) is 9.72 Å². The second-order valence-corrected chi connectivity index (χ2v) is 21.0. The van der Waals surface area contributed by atoms with Crippen molar-refractivity contribution >= 4 is 85.7 Å². The second-order valence-electron chi connectivity index (χ2n) is 17.0. The van der Waals surface area contributed by atoms with Gasteiger partial charge in [0.1, 0.15) is 24.2 Å². The lowest BCUT2D eigenvalue weighted by molar-refractivity contribution is -0.134. The number of nitriles is 1. The Morgan fingerprint density at radius 2 is 1.77 bits per heavy atom. The van der Waals surface area contributed by atoms with Crippen LogP contribution in [0.1, 0.15) is 55.2 Å². The van der Waals surface area contributed by atoms with Crippen molar-refractivity contribution in [2.24, 2.45) is 5.92 Å². The SMILES string of the molecule is CCc1cc(Nc2ncc(Br)c(Nc3ccc4nccnc4c3P(C)(C)=O)n2)c(OC)cc1N1CCC(NCCNCC2CN(c3ccc(C4CCC(=O)NC4=O)c(C#N)c3)C2)CC1. The van der Waals surface area contributed by atoms with Crippen LogP contribution < -0.4 is 46.4 Å². The summed E-state index contributed by atoms with van der Waals surface area (Å²) in [6, 6.07) is 16.4. The average molecular weight is 950 g/mol. The number of hydrogen-bond acceptors (Lipinski definition) is 15. The Labute approximate surface area is 381 Å². The highest BCUT2D eigenvalue weighted by atomic mass is 79.9. The minimum Gasteiger partial charge on any atom is -0.494 e. The number of anilines is 6. The van der Waals surface area contributed by atoms with Crippen molar-refractivity contribution in [3.8, 4) is 11.8 Å². The van der Waals surface area contributed by atoms with Gasteiger partial charge in [0.15, 0.2) is 0 Å². The number of carbonyl (C=O) groups is 2. The van der Waals surface area contributed by atoms with Crippen molar-refractivity contribution in [1.82, 2.24) is 35.9 Å². The summed E-state index contributed by atoms with van der Waals surface area (Å²) in [6.07, 6.45) is 8.54. The molecule has 3 fully saturated rings. The lowest BCUT2D eigenvalue weighted by Gasteiger charge is -2.41. The van der Waals surface area contributed by atoms with Gasteiger partial charge in [-0.15, -0.1) is 0 Å². The number of amides is 2. The Morgan fingerprint density at radius 1 is 0.969 bits per heavy atom. The first-order valence-electron chi connectivity index (χ1n) is 21.8. The molecule has 0 spiro atoms. The molecule has 2 amide bonds. The molecule has 5 heterocycles. The van der Waals surface area contributed by atoms with E-state index >= 15 is 0 Å². The third-order valence-electron chi connectivity index (χ3n) is 12.3. The topological polar surface area (TPSA) is 202 Å². The Morgan fingerprint density at radius 3 is 2.50 bits per heavy atom. The number of benzene rings is 3. The number of aromatic nitrogens is 4. The van der Waals surface area contributed by atoms with Crippen LogP contribution in [0.15, 0.2) is 65.5 Å². The minimum absolute atomic E-state index is 0.257. The fourth-order valence-electron chi connectivity index (χ4n) is 8.93. The Kier molecular flexibility index (Phi) is 13.8. The van der Waals surface area contributed by atoms with Crippen LogP contribution in [0.25, 0.3) is 11.0 Å². The van der Waals surface area contributed by atoms with Crippen molar-refractivity contribution in [2.75, 3.05) is 86.7 Å². The fourth-order valence-corrected chi connectivity index (χ4v) is 10.6. The number of piperidine rings is 2. The number of aryl methyl sites for hydroxylation is 1. The number of nitrogens with zero attached hydrogens (tertiary/aromatic N) is 7. The molecule has 5 N–H and O–H groups in total. The first-order chi connectivity index (χ1) is 30.9. The quantitative estimate of drug-likeness (QED) is 0.0427. The van der Waals surface area contributed by atoms with Gasteiger partial charge in [0.25, 0.3) is 0 Å². The summed E-state index contributed by atoms with van der Waals surface area (Å²) in [5.74, 6) is 1.05. The number of imide groups is 1. The number of methoxy groups -OCH3 is 1. The molecular formula is C46H54BrN12O4P. The maximum Gasteiger partial charge on any atom is 0.234 e. The molecule has 16 nitrogen and oxygen atoms in total. The molecule has 18 heteroatoms. The number of rotatable bonds is 16. The largest absolute Gasteiger partial charge is 0.494 e. The summed E-state index contributed by atoms with van der Waals surface area (Å²) in [4.78, 5) is 47.0. The van der Waals surface area contributed by atoms with Gasteiger partial charge in [-0.25, -0.2) is 4.98 Å². The first kappa shape index (κ1) is 44.9. The van der Waals surface area contributed by atoms with Crippen molar-refractivity contribution in [3.05, 3.63) is 82.2 Å². The fraction of sp³-hybridized carbons (Fsp3) is 0.413. The molecular weight excluding hydrogens is 895 g/mol. The lowest BCUT2D eigenvalue weighted by Crippen LogP contribution is -2.51. The van der Waals surface area contributed by atoms with Gasteiger partial charge in [0.05, 0.1) is 51.3 Å². The van der Waals surface area contributed by atoms with Gasteiger partial charge in [0.2, 0.25) is 17.8 Å². The zero-order valence-corrected chi connectivity index (χ0v) is 39.1. The summed E-state index contributed by atoms with van der Waals surface area (Å²) in [5.41, 5.74) is 7.22. The van der Waals surface area contributed by atoms with Crippen LogP contribution in [-0.4, -0.2) is 104 Å². The minimum atomic E-state index is -2.77. The van der Waals surface area contributed by atoms with Gasteiger partial charge < -0.3 is 40.4 Å². The highest BCUT2D eigenvalue weighted by Crippen LogP contribution is 2.42. The molecule has 0 saturated carbocycles. The molecule has 3 aliphatic rings. The lowest BCUT2D eigenvalue weighted by atomic mass is 9.87. The Balaban J connectivity index is 0.807. The van der Waals surface area contributed by atoms with E-state index in [-0.39, 0.29) is 18.2 Å². The number of carbonyl (C=O) groups excluding carboxylic acids is 2. The summed E-state index contributed by atoms with van der Waals surface area (Å²) < 4.78 is 20.1. The molecule has 0 bridgehead atoms. The third-order valence-corrected chi connectivity index (χ3v) is 14.4. The standard InChI is InChI=1S/C46H54BrN12O4P/c1-5-29-21-38(55-46-53-25-35(47)44(57-46)54-37-10-9-36-42(52-17-16-51-36)43(37)64(3,4)62)40(63-2)22-39(29)58-18-12-31(13-19-58)50-15-14-49-24-28-26-59(27-28)32-6-7-33(30(20-32)23-48)34-8-11-41(60)56-45(34)61/h6-7,9-10,16-17,20-22,25,28,31,34,49-50H,5,8,11-15,18-19,24,26-27H2,1-4H3,(H,56,60,61)(H2,53,54,55,57). The van der Waals surface area contributed by atoms with Gasteiger partial charge in [-0.05, 0) is 96.4 Å². The highest BCUT2D eigenvalue weighted by molar-refractivity contribution is 9.10. The number of nitrogens with one attached hydrogen (secondary N) is 5. The summed E-state index contributed by atoms with van der Waals surface area (Å²) in [6.45, 7) is 12.0. The maximum absolute atomic E-state index is 13.5. The van der Waals surface area contributed by atoms with E-state index in [2.05, 4.69) is 92.4 Å². The molecule has 3 aromatic carbocycles. The highest BCUT2D eigenvalue weighted by Gasteiger charge is 2.32. The average Bonchev–Trinajstić information content (AvgIpc) is 3.27. The molecule has 0 radical (unpaired) electrons. The maximum atomic E-state index is 13.5. The van der Waals surface area contributed by atoms with E-state index in [1.165, 1.54) is 11.3 Å². The van der Waals surface area contributed by atoms with Gasteiger partial charge in [-0.2, -0.15) is 10.2 Å². The van der Waals surface area contributed by atoms with Gasteiger partial charge in [0, 0.05) is 100 Å². The van der Waals surface area contributed by atoms with Crippen LogP contribution in [0.5, 0.6) is 5.75 Å². The van der Waals surface area contributed by atoms with Crippen LogP contribution >= 0.6 is 23.1 Å². The number of hydrogen-bond donors (Lipinski definition) is 5. The summed E-state index contributed by atoms with van der Waals surface area (Å²) >= 11 is 3.59. The number of fused-ring (bicyclic) bond motifs is 1. The van der Waals surface area contributed by atoms with E-state index in [1.807, 2.05) is 30.3 Å². The second kappa shape index (κ2) is 19.6. The van der Waals surface area contributed by atoms with E-state index in [9.17, 15) is 19.4 Å². The van der Waals surface area contributed by atoms with Crippen molar-refractivity contribution in [3.63, 3.8) is 0 Å². The number of halogens is 1. The molecule has 1 unspecified atom stereocenters. The molecule has 1 atom stereocenters. The molecule has 334 valence electrons. The third kappa shape index (κ3) is 10.0. The zero-order chi connectivity index (χ0) is 45.0. The van der Waals surface area contributed by atoms with Crippen LogP contribution in [0, 0.1) is 17.2 Å².